The van der Waals surface area contributed by atoms with Crippen molar-refractivity contribution in [3.63, 3.8) is 0 Å². The van der Waals surface area contributed by atoms with Gasteiger partial charge < -0.3 is 4.98 Å². The van der Waals surface area contributed by atoms with E-state index in [9.17, 15) is 4.79 Å². The van der Waals surface area contributed by atoms with E-state index in [0.717, 1.165) is 0 Å². The summed E-state index contributed by atoms with van der Waals surface area (Å²) in [5.41, 5.74) is 0.492. The van der Waals surface area contributed by atoms with Gasteiger partial charge in [0.05, 0.1) is 12.5 Å². The molecule has 12 heavy (non-hydrogen) atoms. The molecule has 0 amide bonds. The lowest BCUT2D eigenvalue weighted by atomic mass is 10.4. The summed E-state index contributed by atoms with van der Waals surface area (Å²) < 4.78 is 1.49. The van der Waals surface area contributed by atoms with Crippen molar-refractivity contribution in [1.29, 1.82) is 0 Å². The monoisotopic (exact) mass is 161 g/mol. The third-order valence-electron chi connectivity index (χ3n) is 1.57. The molecule has 0 aliphatic rings. The molecule has 0 bridgehead atoms. The van der Waals surface area contributed by atoms with Crippen LogP contribution in [-0.4, -0.2) is 20.4 Å². The molecule has 60 valence electrons. The smallest absolute Gasteiger partial charge is 0.279 e. The van der Waals surface area contributed by atoms with E-state index in [1.807, 2.05) is 0 Å². The lowest BCUT2D eigenvalue weighted by Gasteiger charge is -1.96. The molecule has 0 atom stereocenters. The summed E-state index contributed by atoms with van der Waals surface area (Å²) in [6, 6.07) is 3.60. The van der Waals surface area contributed by atoms with E-state index in [1.165, 1.54) is 17.1 Å². The fraction of sp³-hybridized carbons (Fsp3) is 0. The molecule has 1 N–H and O–H groups in total. The normalized spacial score (nSPS) is 10.0. The van der Waals surface area contributed by atoms with Gasteiger partial charge in [0, 0.05) is 12.4 Å². The third kappa shape index (κ3) is 1.03. The average molecular weight is 161 g/mol. The number of nitrogens with one attached hydrogen (secondary N) is 1. The van der Waals surface area contributed by atoms with Crippen LogP contribution >= 0.6 is 0 Å². The Morgan fingerprint density at radius 2 is 2.17 bits per heavy atom. The third-order valence-corrected chi connectivity index (χ3v) is 1.57. The fourth-order valence-corrected chi connectivity index (χ4v) is 0.982. The first-order valence-electron chi connectivity index (χ1n) is 3.54. The zero-order valence-corrected chi connectivity index (χ0v) is 6.27. The van der Waals surface area contributed by atoms with E-state index in [-0.39, 0.29) is 5.91 Å². The molecule has 0 fully saturated rings. The van der Waals surface area contributed by atoms with Crippen LogP contribution in [0.15, 0.2) is 37.1 Å². The average Bonchev–Trinajstić information content (AvgIpc) is 2.77. The Morgan fingerprint density at radius 1 is 1.42 bits per heavy atom. The largest absolute Gasteiger partial charge is 0.341 e. The van der Waals surface area contributed by atoms with Gasteiger partial charge >= 0.3 is 0 Å². The molecular weight excluding hydrogens is 154 g/mol. The van der Waals surface area contributed by atoms with Crippen LogP contribution in [0.25, 0.3) is 0 Å². The van der Waals surface area contributed by atoms with Gasteiger partial charge in [0.25, 0.3) is 5.91 Å². The number of carbonyl (C=O) groups is 1. The van der Waals surface area contributed by atoms with Crippen LogP contribution in [0.5, 0.6) is 0 Å². The summed E-state index contributed by atoms with van der Waals surface area (Å²) >= 11 is 0. The van der Waals surface area contributed by atoms with Gasteiger partial charge in [0.2, 0.25) is 0 Å². The minimum absolute atomic E-state index is 0.0995. The van der Waals surface area contributed by atoms with Gasteiger partial charge in [-0.3, -0.25) is 9.36 Å². The molecule has 0 unspecified atom stereocenters. The van der Waals surface area contributed by atoms with Gasteiger partial charge in [0.1, 0.15) is 5.69 Å². The van der Waals surface area contributed by atoms with Crippen molar-refractivity contribution in [2.45, 2.75) is 0 Å². The Hall–Kier alpha value is -1.84. The number of hydrogen-bond acceptors (Lipinski definition) is 2. The molecule has 2 aromatic heterocycles. The molecule has 0 spiro atoms. The Morgan fingerprint density at radius 3 is 2.75 bits per heavy atom. The summed E-state index contributed by atoms with van der Waals surface area (Å²) in [4.78, 5) is 18.0. The molecule has 4 nitrogen and oxygen atoms in total. The van der Waals surface area contributed by atoms with Crippen molar-refractivity contribution >= 4 is 5.91 Å². The molecule has 4 heteroatoms. The van der Waals surface area contributed by atoms with Crippen molar-refractivity contribution in [3.05, 3.63) is 42.7 Å². The molecular formula is C8H7N3O. The van der Waals surface area contributed by atoms with Crippen LogP contribution in [0.2, 0.25) is 0 Å². The first-order chi connectivity index (χ1) is 5.88. The van der Waals surface area contributed by atoms with Gasteiger partial charge in [-0.25, -0.2) is 4.98 Å². The second-order valence-electron chi connectivity index (χ2n) is 2.36. The molecule has 2 heterocycles. The Balaban J connectivity index is 2.34. The summed E-state index contributed by atoms with van der Waals surface area (Å²) in [6.45, 7) is 0. The number of rotatable bonds is 1. The van der Waals surface area contributed by atoms with Crippen LogP contribution in [-0.2, 0) is 0 Å². The summed E-state index contributed by atoms with van der Waals surface area (Å²) in [6.07, 6.45) is 6.38. The highest BCUT2D eigenvalue weighted by atomic mass is 16.2. The molecule has 0 aromatic carbocycles. The molecule has 0 saturated carbocycles. The van der Waals surface area contributed by atoms with Crippen molar-refractivity contribution in [1.82, 2.24) is 14.5 Å². The summed E-state index contributed by atoms with van der Waals surface area (Å²) in [7, 11) is 0. The van der Waals surface area contributed by atoms with Gasteiger partial charge in [0.15, 0.2) is 0 Å². The maximum absolute atomic E-state index is 11.5. The predicted molar refractivity (Wildman–Crippen MR) is 42.7 cm³/mol. The van der Waals surface area contributed by atoms with E-state index in [4.69, 9.17) is 0 Å². The highest BCUT2D eigenvalue weighted by Crippen LogP contribution is 1.97. The first kappa shape index (κ1) is 6.84. The standard InChI is InChI=1S/C8H7N3O/c12-8(7-5-9-6-10-7)11-3-1-2-4-11/h1-6H,(H,9,10). The number of hydrogen-bond donors (Lipinski definition) is 1. The maximum Gasteiger partial charge on any atom is 0.279 e. The van der Waals surface area contributed by atoms with Crippen molar-refractivity contribution in [3.8, 4) is 0 Å². The van der Waals surface area contributed by atoms with Gasteiger partial charge in [-0.2, -0.15) is 0 Å². The summed E-state index contributed by atoms with van der Waals surface area (Å²) in [5.74, 6) is -0.0995. The molecule has 0 aliphatic carbocycles. The van der Waals surface area contributed by atoms with Crippen LogP contribution in [0.3, 0.4) is 0 Å². The van der Waals surface area contributed by atoms with Crippen LogP contribution < -0.4 is 0 Å². The maximum atomic E-state index is 11.5. The van der Waals surface area contributed by atoms with Crippen molar-refractivity contribution < 1.29 is 4.79 Å². The van der Waals surface area contributed by atoms with E-state index in [2.05, 4.69) is 9.97 Å². The number of imidazole rings is 1. The first-order valence-corrected chi connectivity index (χ1v) is 3.54. The van der Waals surface area contributed by atoms with Gasteiger partial charge in [-0.1, -0.05) is 0 Å². The second-order valence-corrected chi connectivity index (χ2v) is 2.36. The Bertz CT molecular complexity index is 325. The molecule has 0 saturated heterocycles. The Labute approximate surface area is 68.9 Å². The minimum Gasteiger partial charge on any atom is -0.341 e. The number of nitrogens with zero attached hydrogens (tertiary/aromatic N) is 2. The van der Waals surface area contributed by atoms with Gasteiger partial charge in [-0.05, 0) is 12.1 Å². The quantitative estimate of drug-likeness (QED) is 0.675. The molecule has 0 radical (unpaired) electrons. The van der Waals surface area contributed by atoms with Crippen LogP contribution in [0.1, 0.15) is 10.5 Å². The highest BCUT2D eigenvalue weighted by Gasteiger charge is 2.06. The predicted octanol–water partition coefficient (Wildman–Crippen LogP) is 0.900. The zero-order valence-electron chi connectivity index (χ0n) is 6.27. The van der Waals surface area contributed by atoms with Crippen molar-refractivity contribution in [2.75, 3.05) is 0 Å². The zero-order chi connectivity index (χ0) is 8.39. The SMILES string of the molecule is O=C(c1cnc[nH]1)n1cccc1. The van der Waals surface area contributed by atoms with E-state index in [1.54, 1.807) is 24.5 Å². The van der Waals surface area contributed by atoms with E-state index < -0.39 is 0 Å². The highest BCUT2D eigenvalue weighted by molar-refractivity contribution is 5.93. The van der Waals surface area contributed by atoms with Crippen molar-refractivity contribution in [2.24, 2.45) is 0 Å². The van der Waals surface area contributed by atoms with Gasteiger partial charge in [-0.15, -0.1) is 0 Å². The lowest BCUT2D eigenvalue weighted by Crippen LogP contribution is -2.09. The number of aromatic nitrogens is 3. The minimum atomic E-state index is -0.0995. The fourth-order valence-electron chi connectivity index (χ4n) is 0.982. The van der Waals surface area contributed by atoms with E-state index >= 15 is 0 Å². The molecule has 2 aromatic rings. The summed E-state index contributed by atoms with van der Waals surface area (Å²) in [5, 5.41) is 0. The number of carbonyl (C=O) groups excluding carboxylic acids is 1. The van der Waals surface area contributed by atoms with E-state index in [0.29, 0.717) is 5.69 Å². The number of aromatic amines is 1. The van der Waals surface area contributed by atoms with Crippen LogP contribution in [0, 0.1) is 0 Å². The Kier molecular flexibility index (Phi) is 1.51. The second kappa shape index (κ2) is 2.65. The topological polar surface area (TPSA) is 50.7 Å². The van der Waals surface area contributed by atoms with Crippen LogP contribution in [0.4, 0.5) is 0 Å². The molecule has 0 aliphatic heterocycles. The molecule has 2 rings (SSSR count). The number of H-pyrrole nitrogens is 1. The lowest BCUT2D eigenvalue weighted by molar-refractivity contribution is 0.0956.